The fourth-order valence-corrected chi connectivity index (χ4v) is 2.55. The lowest BCUT2D eigenvalue weighted by molar-refractivity contribution is -0.124. The molecule has 0 aromatic rings. The Kier molecular flexibility index (Phi) is 2.89. The summed E-state index contributed by atoms with van der Waals surface area (Å²) < 4.78 is 0. The van der Waals surface area contributed by atoms with Gasteiger partial charge in [-0.3, -0.25) is 14.9 Å². The monoisotopic (exact) mass is 207 g/mol. The molecule has 0 radical (unpaired) electrons. The normalized spacial score (nSPS) is 31.9. The van der Waals surface area contributed by atoms with Gasteiger partial charge in [0.2, 0.25) is 5.91 Å². The molecule has 3 heteroatoms. The summed E-state index contributed by atoms with van der Waals surface area (Å²) in [6.07, 6.45) is 5.94. The molecule has 2 aliphatic rings. The minimum Gasteiger partial charge on any atom is -0.292 e. The maximum atomic E-state index is 11.5. The van der Waals surface area contributed by atoms with E-state index in [0.717, 1.165) is 18.4 Å². The molecule has 0 aromatic carbocycles. The van der Waals surface area contributed by atoms with E-state index in [0.29, 0.717) is 12.3 Å². The van der Waals surface area contributed by atoms with Crippen molar-refractivity contribution in [2.24, 2.45) is 5.92 Å². The molecule has 3 nitrogen and oxygen atoms in total. The van der Waals surface area contributed by atoms with Gasteiger partial charge in [-0.1, -0.05) is 18.9 Å². The van der Waals surface area contributed by atoms with E-state index < -0.39 is 0 Å². The van der Waals surface area contributed by atoms with Crippen LogP contribution < -0.4 is 5.32 Å². The highest BCUT2D eigenvalue weighted by atomic mass is 16.2. The highest BCUT2D eigenvalue weighted by Crippen LogP contribution is 2.34. The van der Waals surface area contributed by atoms with Crippen LogP contribution in [-0.2, 0) is 9.59 Å². The van der Waals surface area contributed by atoms with Crippen molar-refractivity contribution in [1.82, 2.24) is 5.32 Å². The minimum absolute atomic E-state index is 0.138. The zero-order valence-corrected chi connectivity index (χ0v) is 9.14. The van der Waals surface area contributed by atoms with Gasteiger partial charge in [-0.2, -0.15) is 0 Å². The molecule has 0 aromatic heterocycles. The molecule has 2 fully saturated rings. The molecular weight excluding hydrogens is 190 g/mol. The highest BCUT2D eigenvalue weighted by molar-refractivity contribution is 6.13. The van der Waals surface area contributed by atoms with Crippen molar-refractivity contribution in [2.45, 2.75) is 45.4 Å². The average Bonchev–Trinajstić information content (AvgIpc) is 2.58. The number of hydrogen-bond donors (Lipinski definition) is 1. The Balaban J connectivity index is 2.17. The van der Waals surface area contributed by atoms with Gasteiger partial charge in [0.05, 0.1) is 6.42 Å². The molecule has 15 heavy (non-hydrogen) atoms. The molecule has 0 spiro atoms. The molecular formula is C12H17NO2. The molecule has 82 valence electrons. The van der Waals surface area contributed by atoms with Crippen molar-refractivity contribution < 1.29 is 9.59 Å². The summed E-state index contributed by atoms with van der Waals surface area (Å²) in [5.74, 6) is 0.428. The van der Waals surface area contributed by atoms with Gasteiger partial charge >= 0.3 is 0 Å². The van der Waals surface area contributed by atoms with Gasteiger partial charge in [-0.15, -0.1) is 0 Å². The Hall–Kier alpha value is -1.12. The molecule has 1 aliphatic carbocycles. The van der Waals surface area contributed by atoms with Crippen LogP contribution in [0.1, 0.15) is 45.4 Å². The molecule has 1 saturated heterocycles. The maximum Gasteiger partial charge on any atom is 0.254 e. The summed E-state index contributed by atoms with van der Waals surface area (Å²) in [4.78, 5) is 22.6. The van der Waals surface area contributed by atoms with Crippen LogP contribution in [0.15, 0.2) is 11.1 Å². The number of carbonyl (C=O) groups excluding carboxylic acids is 2. The molecule has 0 bridgehead atoms. The predicted molar refractivity (Wildman–Crippen MR) is 57.0 cm³/mol. The number of allylic oxidation sites excluding steroid dienone is 1. The smallest absolute Gasteiger partial charge is 0.254 e. The van der Waals surface area contributed by atoms with Crippen LogP contribution >= 0.6 is 0 Å². The lowest BCUT2D eigenvalue weighted by Crippen LogP contribution is -2.20. The summed E-state index contributed by atoms with van der Waals surface area (Å²) in [6, 6.07) is 0. The predicted octanol–water partition coefficient (Wildman–Crippen LogP) is 1.93. The largest absolute Gasteiger partial charge is 0.292 e. The second-order valence-electron chi connectivity index (χ2n) is 4.51. The topological polar surface area (TPSA) is 46.2 Å². The standard InChI is InChI=1S/C12H17NO2/c1-2-8-4-3-5-9(6-8)10-7-11(14)13-12(10)15/h8H,2-7H2,1H3,(H,13,14,15). The Bertz CT molecular complexity index is 331. The number of nitrogens with one attached hydrogen (secondary N) is 1. The van der Waals surface area contributed by atoms with E-state index in [-0.39, 0.29) is 11.8 Å². The molecule has 1 aliphatic heterocycles. The Morgan fingerprint density at radius 3 is 2.80 bits per heavy atom. The number of carbonyl (C=O) groups is 2. The van der Waals surface area contributed by atoms with Crippen LogP contribution in [0, 0.1) is 5.92 Å². The third-order valence-electron chi connectivity index (χ3n) is 3.49. The lowest BCUT2D eigenvalue weighted by atomic mass is 9.81. The van der Waals surface area contributed by atoms with E-state index in [2.05, 4.69) is 12.2 Å². The Labute approximate surface area is 89.9 Å². The van der Waals surface area contributed by atoms with Crippen LogP contribution in [0.2, 0.25) is 0 Å². The maximum absolute atomic E-state index is 11.5. The van der Waals surface area contributed by atoms with Crippen LogP contribution in [0.25, 0.3) is 0 Å². The highest BCUT2D eigenvalue weighted by Gasteiger charge is 2.29. The van der Waals surface area contributed by atoms with Gasteiger partial charge < -0.3 is 0 Å². The first-order chi connectivity index (χ1) is 7.20. The van der Waals surface area contributed by atoms with Gasteiger partial charge in [0, 0.05) is 5.57 Å². The third-order valence-corrected chi connectivity index (χ3v) is 3.49. The van der Waals surface area contributed by atoms with Crippen LogP contribution in [0.4, 0.5) is 0 Å². The van der Waals surface area contributed by atoms with Crippen LogP contribution in [0.3, 0.4) is 0 Å². The van der Waals surface area contributed by atoms with Crippen molar-refractivity contribution in [3.05, 3.63) is 11.1 Å². The van der Waals surface area contributed by atoms with Crippen molar-refractivity contribution in [1.29, 1.82) is 0 Å². The number of rotatable bonds is 1. The van der Waals surface area contributed by atoms with Gasteiger partial charge in [-0.25, -0.2) is 0 Å². The van der Waals surface area contributed by atoms with E-state index in [1.54, 1.807) is 0 Å². The van der Waals surface area contributed by atoms with Crippen molar-refractivity contribution in [2.75, 3.05) is 0 Å². The first-order valence-corrected chi connectivity index (χ1v) is 5.75. The van der Waals surface area contributed by atoms with Gasteiger partial charge in [-0.05, 0) is 31.6 Å². The second-order valence-corrected chi connectivity index (χ2v) is 4.51. The van der Waals surface area contributed by atoms with Gasteiger partial charge in [0.25, 0.3) is 5.91 Å². The number of imide groups is 1. The van der Waals surface area contributed by atoms with E-state index in [1.165, 1.54) is 24.8 Å². The molecule has 1 saturated carbocycles. The number of hydrogen-bond acceptors (Lipinski definition) is 2. The molecule has 1 unspecified atom stereocenters. The third kappa shape index (κ3) is 2.11. The van der Waals surface area contributed by atoms with Crippen molar-refractivity contribution in [3.63, 3.8) is 0 Å². The fourth-order valence-electron chi connectivity index (χ4n) is 2.55. The van der Waals surface area contributed by atoms with Crippen LogP contribution in [0.5, 0.6) is 0 Å². The zero-order valence-electron chi connectivity index (χ0n) is 9.14. The lowest BCUT2D eigenvalue weighted by Gasteiger charge is -2.23. The van der Waals surface area contributed by atoms with Gasteiger partial charge in [0.1, 0.15) is 0 Å². The summed E-state index contributed by atoms with van der Waals surface area (Å²) >= 11 is 0. The SMILES string of the molecule is CCC1CCCC(=C2CC(=O)NC2=O)C1. The summed E-state index contributed by atoms with van der Waals surface area (Å²) in [5.41, 5.74) is 2.00. The average molecular weight is 207 g/mol. The molecule has 1 heterocycles. The van der Waals surface area contributed by atoms with Crippen molar-refractivity contribution in [3.8, 4) is 0 Å². The van der Waals surface area contributed by atoms with E-state index in [1.807, 2.05) is 0 Å². The Morgan fingerprint density at radius 1 is 1.40 bits per heavy atom. The van der Waals surface area contributed by atoms with E-state index in [9.17, 15) is 9.59 Å². The summed E-state index contributed by atoms with van der Waals surface area (Å²) in [5, 5.41) is 2.36. The first-order valence-electron chi connectivity index (χ1n) is 5.75. The summed E-state index contributed by atoms with van der Waals surface area (Å²) in [7, 11) is 0. The molecule has 2 amide bonds. The second kappa shape index (κ2) is 4.17. The molecule has 2 rings (SSSR count). The molecule has 1 atom stereocenters. The van der Waals surface area contributed by atoms with Gasteiger partial charge in [0.15, 0.2) is 0 Å². The summed E-state index contributed by atoms with van der Waals surface area (Å²) in [6.45, 7) is 2.19. The van der Waals surface area contributed by atoms with Crippen LogP contribution in [-0.4, -0.2) is 11.8 Å². The number of amides is 2. The Morgan fingerprint density at radius 2 is 2.20 bits per heavy atom. The first kappa shape index (κ1) is 10.4. The quantitative estimate of drug-likeness (QED) is 0.527. The van der Waals surface area contributed by atoms with E-state index >= 15 is 0 Å². The minimum atomic E-state index is -0.147. The molecule has 1 N–H and O–H groups in total. The fraction of sp³-hybridized carbons (Fsp3) is 0.667. The van der Waals surface area contributed by atoms with Crippen molar-refractivity contribution >= 4 is 11.8 Å². The van der Waals surface area contributed by atoms with E-state index in [4.69, 9.17) is 0 Å². The zero-order chi connectivity index (χ0) is 10.8.